The number of carbonyl (C=O) groups is 1. The van der Waals surface area contributed by atoms with Gasteiger partial charge in [0.15, 0.2) is 0 Å². The molecule has 1 amide bonds. The van der Waals surface area contributed by atoms with Gasteiger partial charge >= 0.3 is 0 Å². The zero-order valence-electron chi connectivity index (χ0n) is 11.4. The lowest BCUT2D eigenvalue weighted by Crippen LogP contribution is -2.13. The summed E-state index contributed by atoms with van der Waals surface area (Å²) in [6, 6.07) is 10.4. The highest BCUT2D eigenvalue weighted by molar-refractivity contribution is 7.92. The number of rotatable bonds is 4. The summed E-state index contributed by atoms with van der Waals surface area (Å²) < 4.78 is 27.0. The molecule has 0 saturated heterocycles. The molecule has 116 valence electrons. The first-order valence-electron chi connectivity index (χ1n) is 6.14. The molecule has 0 aliphatic rings. The molecule has 8 heteroatoms. The van der Waals surface area contributed by atoms with Crippen molar-refractivity contribution in [1.29, 1.82) is 0 Å². The number of hydrogen-bond acceptors (Lipinski definition) is 3. The molecule has 2 rings (SSSR count). The summed E-state index contributed by atoms with van der Waals surface area (Å²) in [6.45, 7) is 1.37. The van der Waals surface area contributed by atoms with E-state index in [-0.39, 0.29) is 26.5 Å². The van der Waals surface area contributed by atoms with Crippen LogP contribution in [-0.2, 0) is 14.8 Å². The van der Waals surface area contributed by atoms with Gasteiger partial charge in [-0.25, -0.2) is 8.42 Å². The van der Waals surface area contributed by atoms with Crippen LogP contribution in [0.15, 0.2) is 47.4 Å². The van der Waals surface area contributed by atoms with Crippen LogP contribution in [0.2, 0.25) is 10.0 Å². The van der Waals surface area contributed by atoms with Crippen molar-refractivity contribution in [3.05, 3.63) is 52.5 Å². The van der Waals surface area contributed by atoms with Crippen LogP contribution in [0, 0.1) is 0 Å². The first-order valence-corrected chi connectivity index (χ1v) is 8.38. The summed E-state index contributed by atoms with van der Waals surface area (Å²) in [4.78, 5) is 11.0. The molecule has 2 aromatic carbocycles. The third-order valence-corrected chi connectivity index (χ3v) is 4.88. The number of carbonyl (C=O) groups excluding carboxylic acids is 1. The van der Waals surface area contributed by atoms with Gasteiger partial charge in [0.05, 0.1) is 20.6 Å². The van der Waals surface area contributed by atoms with Crippen molar-refractivity contribution in [2.24, 2.45) is 0 Å². The highest BCUT2D eigenvalue weighted by Crippen LogP contribution is 2.31. The Bertz CT molecular complexity index is 805. The summed E-state index contributed by atoms with van der Waals surface area (Å²) in [5, 5.41) is 2.94. The van der Waals surface area contributed by atoms with Crippen LogP contribution in [0.5, 0.6) is 0 Å². The zero-order chi connectivity index (χ0) is 16.3. The van der Waals surface area contributed by atoms with Crippen LogP contribution in [-0.4, -0.2) is 14.3 Å². The number of benzene rings is 2. The minimum absolute atomic E-state index is 0.0395. The van der Waals surface area contributed by atoms with E-state index >= 15 is 0 Å². The fourth-order valence-electron chi connectivity index (χ4n) is 1.71. The van der Waals surface area contributed by atoms with Gasteiger partial charge in [-0.2, -0.15) is 0 Å². The second-order valence-electron chi connectivity index (χ2n) is 4.41. The molecule has 0 unspecified atom stereocenters. The Morgan fingerprint density at radius 3 is 2.27 bits per heavy atom. The van der Waals surface area contributed by atoms with Crippen molar-refractivity contribution < 1.29 is 13.2 Å². The minimum atomic E-state index is -3.80. The molecule has 0 heterocycles. The number of nitrogens with one attached hydrogen (secondary N) is 2. The quantitative estimate of drug-likeness (QED) is 0.873. The maximum atomic E-state index is 12.3. The molecular weight excluding hydrogens is 347 g/mol. The van der Waals surface area contributed by atoms with Gasteiger partial charge in [0.2, 0.25) is 5.91 Å². The van der Waals surface area contributed by atoms with Crippen molar-refractivity contribution in [2.75, 3.05) is 10.0 Å². The van der Waals surface area contributed by atoms with Crippen molar-refractivity contribution in [2.45, 2.75) is 11.8 Å². The third kappa shape index (κ3) is 3.91. The summed E-state index contributed by atoms with van der Waals surface area (Å²) in [6.07, 6.45) is 0. The van der Waals surface area contributed by atoms with Gasteiger partial charge in [0.1, 0.15) is 0 Å². The Balaban J connectivity index is 2.27. The molecule has 0 spiro atoms. The lowest BCUT2D eigenvalue weighted by atomic mass is 10.3. The number of sulfonamides is 1. The molecular formula is C14H12Cl2N2O3S. The van der Waals surface area contributed by atoms with E-state index in [4.69, 9.17) is 23.2 Å². The van der Waals surface area contributed by atoms with Gasteiger partial charge < -0.3 is 5.32 Å². The molecule has 0 saturated carbocycles. The second-order valence-corrected chi connectivity index (χ2v) is 6.88. The predicted molar refractivity (Wildman–Crippen MR) is 88.0 cm³/mol. The molecule has 2 aromatic rings. The monoisotopic (exact) mass is 358 g/mol. The summed E-state index contributed by atoms with van der Waals surface area (Å²) in [5.74, 6) is -0.237. The van der Waals surface area contributed by atoms with Gasteiger partial charge in [-0.05, 0) is 36.4 Å². The van der Waals surface area contributed by atoms with Gasteiger partial charge in [0.25, 0.3) is 10.0 Å². The molecule has 0 atom stereocenters. The maximum absolute atomic E-state index is 12.3. The minimum Gasteiger partial charge on any atom is -0.326 e. The van der Waals surface area contributed by atoms with Crippen molar-refractivity contribution in [1.82, 2.24) is 0 Å². The third-order valence-electron chi connectivity index (χ3n) is 2.68. The Labute approximate surface area is 138 Å². The fourth-order valence-corrected chi connectivity index (χ4v) is 3.18. The fraction of sp³-hybridized carbons (Fsp3) is 0.0714. The van der Waals surface area contributed by atoms with E-state index in [1.165, 1.54) is 37.3 Å². The normalized spacial score (nSPS) is 11.0. The largest absolute Gasteiger partial charge is 0.326 e. The molecule has 22 heavy (non-hydrogen) atoms. The lowest BCUT2D eigenvalue weighted by molar-refractivity contribution is -0.114. The molecule has 0 radical (unpaired) electrons. The summed E-state index contributed by atoms with van der Waals surface area (Å²) >= 11 is 11.8. The van der Waals surface area contributed by atoms with E-state index in [2.05, 4.69) is 10.0 Å². The number of halogens is 2. The van der Waals surface area contributed by atoms with Crippen LogP contribution in [0.1, 0.15) is 6.92 Å². The van der Waals surface area contributed by atoms with Crippen molar-refractivity contribution in [3.8, 4) is 0 Å². The Morgan fingerprint density at radius 1 is 1.05 bits per heavy atom. The van der Waals surface area contributed by atoms with Crippen molar-refractivity contribution in [3.63, 3.8) is 0 Å². The smallest absolute Gasteiger partial charge is 0.261 e. The molecule has 0 fully saturated rings. The van der Waals surface area contributed by atoms with Crippen LogP contribution < -0.4 is 10.0 Å². The first kappa shape index (κ1) is 16.6. The van der Waals surface area contributed by atoms with Crippen LogP contribution in [0.3, 0.4) is 0 Å². The molecule has 2 N–H and O–H groups in total. The van der Waals surface area contributed by atoms with E-state index in [9.17, 15) is 13.2 Å². The van der Waals surface area contributed by atoms with Crippen LogP contribution >= 0.6 is 23.2 Å². The standard InChI is InChI=1S/C14H12Cl2N2O3S/c1-9(19)17-10-5-7-11(8-6-10)22(20,21)18-13-4-2-3-12(15)14(13)16/h2-8,18H,1H3,(H,17,19). The lowest BCUT2D eigenvalue weighted by Gasteiger charge is -2.11. The maximum Gasteiger partial charge on any atom is 0.261 e. The number of anilines is 2. The second kappa shape index (κ2) is 6.56. The van der Waals surface area contributed by atoms with E-state index in [1.807, 2.05) is 0 Å². The highest BCUT2D eigenvalue weighted by Gasteiger charge is 2.16. The summed E-state index contributed by atoms with van der Waals surface area (Å²) in [5.41, 5.74) is 0.701. The predicted octanol–water partition coefficient (Wildman–Crippen LogP) is 3.75. The summed E-state index contributed by atoms with van der Waals surface area (Å²) in [7, 11) is -3.80. The van der Waals surface area contributed by atoms with Gasteiger partial charge in [-0.15, -0.1) is 0 Å². The van der Waals surface area contributed by atoms with Gasteiger partial charge in [0, 0.05) is 12.6 Å². The van der Waals surface area contributed by atoms with E-state index < -0.39 is 10.0 Å². The van der Waals surface area contributed by atoms with Gasteiger partial charge in [-0.1, -0.05) is 29.3 Å². The van der Waals surface area contributed by atoms with E-state index in [0.29, 0.717) is 5.69 Å². The first-order chi connectivity index (χ1) is 10.3. The SMILES string of the molecule is CC(=O)Nc1ccc(S(=O)(=O)Nc2cccc(Cl)c2Cl)cc1. The number of hydrogen-bond donors (Lipinski definition) is 2. The zero-order valence-corrected chi connectivity index (χ0v) is 13.8. The topological polar surface area (TPSA) is 75.3 Å². The van der Waals surface area contributed by atoms with Crippen LogP contribution in [0.4, 0.5) is 11.4 Å². The molecule has 0 aromatic heterocycles. The molecule has 5 nitrogen and oxygen atoms in total. The molecule has 0 bridgehead atoms. The Hall–Kier alpha value is -1.76. The van der Waals surface area contributed by atoms with Gasteiger partial charge in [-0.3, -0.25) is 9.52 Å². The van der Waals surface area contributed by atoms with Crippen LogP contribution in [0.25, 0.3) is 0 Å². The highest BCUT2D eigenvalue weighted by atomic mass is 35.5. The Kier molecular flexibility index (Phi) is 4.95. The average Bonchev–Trinajstić information content (AvgIpc) is 2.44. The average molecular weight is 359 g/mol. The molecule has 0 aliphatic carbocycles. The van der Waals surface area contributed by atoms with E-state index in [1.54, 1.807) is 12.1 Å². The number of amides is 1. The van der Waals surface area contributed by atoms with Crippen molar-refractivity contribution >= 4 is 50.5 Å². The molecule has 0 aliphatic heterocycles. The van der Waals surface area contributed by atoms with E-state index in [0.717, 1.165) is 0 Å². The Morgan fingerprint density at radius 2 is 1.68 bits per heavy atom.